The van der Waals surface area contributed by atoms with Crippen molar-refractivity contribution in [2.75, 3.05) is 6.54 Å². The van der Waals surface area contributed by atoms with Crippen LogP contribution in [-0.4, -0.2) is 29.6 Å². The Morgan fingerprint density at radius 1 is 1.47 bits per heavy atom. The van der Waals surface area contributed by atoms with E-state index in [2.05, 4.69) is 0 Å². The van der Waals surface area contributed by atoms with Crippen molar-refractivity contribution in [2.24, 2.45) is 5.41 Å². The van der Waals surface area contributed by atoms with E-state index in [4.69, 9.17) is 5.26 Å². The average molecular weight is 248 g/mol. The van der Waals surface area contributed by atoms with Gasteiger partial charge in [-0.05, 0) is 26.2 Å². The fourth-order valence-corrected chi connectivity index (χ4v) is 1.54. The zero-order valence-electron chi connectivity index (χ0n) is 9.84. The van der Waals surface area contributed by atoms with Crippen LogP contribution in [0.25, 0.3) is 0 Å². The summed E-state index contributed by atoms with van der Waals surface area (Å²) >= 11 is 0. The van der Waals surface area contributed by atoms with Gasteiger partial charge in [-0.3, -0.25) is 4.79 Å². The second kappa shape index (κ2) is 4.55. The molecule has 6 heteroatoms. The maximum atomic E-state index is 12.4. The number of halogens is 3. The molecule has 0 aromatic rings. The van der Waals surface area contributed by atoms with Crippen LogP contribution in [0, 0.1) is 16.7 Å². The lowest BCUT2D eigenvalue weighted by molar-refractivity contribution is -0.166. The van der Waals surface area contributed by atoms with Gasteiger partial charge in [0.15, 0.2) is 0 Å². The number of hydrogen-bond donors (Lipinski definition) is 0. The molecule has 1 amide bonds. The summed E-state index contributed by atoms with van der Waals surface area (Å²) in [6.07, 6.45) is -3.02. The predicted octanol–water partition coefficient (Wildman–Crippen LogP) is 2.48. The van der Waals surface area contributed by atoms with Crippen LogP contribution >= 0.6 is 0 Å². The Morgan fingerprint density at radius 2 is 2.00 bits per heavy atom. The minimum Gasteiger partial charge on any atom is -0.329 e. The number of carbonyl (C=O) groups is 1. The minimum absolute atomic E-state index is 0.212. The van der Waals surface area contributed by atoms with Crippen LogP contribution in [0.4, 0.5) is 13.2 Å². The molecule has 17 heavy (non-hydrogen) atoms. The number of nitrogens with zero attached hydrogens (tertiary/aromatic N) is 2. The van der Waals surface area contributed by atoms with Crippen LogP contribution in [0.2, 0.25) is 0 Å². The third-order valence-corrected chi connectivity index (χ3v) is 3.02. The summed E-state index contributed by atoms with van der Waals surface area (Å²) < 4.78 is 37.1. The molecule has 0 spiro atoms. The highest BCUT2D eigenvalue weighted by Gasteiger charge is 2.46. The van der Waals surface area contributed by atoms with Crippen molar-refractivity contribution in [2.45, 2.75) is 45.3 Å². The maximum Gasteiger partial charge on any atom is 0.406 e. The molecule has 0 aliphatic heterocycles. The predicted molar refractivity (Wildman–Crippen MR) is 54.8 cm³/mol. The molecule has 0 saturated heterocycles. The lowest BCUT2D eigenvalue weighted by Gasteiger charge is -2.30. The fraction of sp³-hybridized carbons (Fsp3) is 0.818. The number of hydrogen-bond acceptors (Lipinski definition) is 2. The molecular formula is C11H15F3N2O. The molecule has 3 nitrogen and oxygen atoms in total. The van der Waals surface area contributed by atoms with Crippen molar-refractivity contribution in [1.82, 2.24) is 4.90 Å². The number of carbonyl (C=O) groups excluding carboxylic acids is 1. The molecule has 1 aliphatic rings. The van der Waals surface area contributed by atoms with E-state index in [1.54, 1.807) is 6.92 Å². The average Bonchev–Trinajstić information content (AvgIpc) is 3.06. The molecule has 0 aromatic heterocycles. The van der Waals surface area contributed by atoms with Crippen LogP contribution < -0.4 is 0 Å². The van der Waals surface area contributed by atoms with Crippen molar-refractivity contribution in [1.29, 1.82) is 5.26 Å². The van der Waals surface area contributed by atoms with Crippen molar-refractivity contribution in [3.8, 4) is 6.07 Å². The monoisotopic (exact) mass is 248 g/mol. The van der Waals surface area contributed by atoms with Gasteiger partial charge in [-0.1, -0.05) is 6.92 Å². The molecule has 0 radical (unpaired) electrons. The summed E-state index contributed by atoms with van der Waals surface area (Å²) in [6, 6.07) is 1.47. The van der Waals surface area contributed by atoms with E-state index >= 15 is 0 Å². The molecular weight excluding hydrogens is 233 g/mol. The van der Waals surface area contributed by atoms with Gasteiger partial charge < -0.3 is 4.90 Å². The van der Waals surface area contributed by atoms with E-state index in [1.165, 1.54) is 6.92 Å². The molecule has 1 unspecified atom stereocenters. The van der Waals surface area contributed by atoms with E-state index in [0.29, 0.717) is 12.8 Å². The van der Waals surface area contributed by atoms with Crippen LogP contribution in [0.5, 0.6) is 0 Å². The van der Waals surface area contributed by atoms with E-state index in [0.717, 1.165) is 4.90 Å². The van der Waals surface area contributed by atoms with Gasteiger partial charge in [0.25, 0.3) is 0 Å². The summed E-state index contributed by atoms with van der Waals surface area (Å²) in [5.41, 5.74) is -1.35. The Bertz CT molecular complexity index is 344. The summed E-state index contributed by atoms with van der Waals surface area (Å²) in [6.45, 7) is 1.76. The number of nitriles is 1. The largest absolute Gasteiger partial charge is 0.406 e. The fourth-order valence-electron chi connectivity index (χ4n) is 1.54. The Balaban J connectivity index is 2.85. The Hall–Kier alpha value is -1.25. The summed E-state index contributed by atoms with van der Waals surface area (Å²) in [5, 5.41) is 8.93. The number of alkyl halides is 3. The molecule has 1 rings (SSSR count). The first-order valence-electron chi connectivity index (χ1n) is 5.52. The standard InChI is InChI=1S/C11H15F3N2O/c1-3-10(2,6-15)9(17)16(8-4-5-8)7-11(12,13)14/h8H,3-5,7H2,1-2H3. The Kier molecular flexibility index (Phi) is 3.70. The normalized spacial score (nSPS) is 19.3. The smallest absolute Gasteiger partial charge is 0.329 e. The van der Waals surface area contributed by atoms with Gasteiger partial charge >= 0.3 is 6.18 Å². The molecule has 1 saturated carbocycles. The van der Waals surface area contributed by atoms with Crippen LogP contribution in [0.3, 0.4) is 0 Å². The molecule has 0 N–H and O–H groups in total. The second-order valence-corrected chi connectivity index (χ2v) is 4.58. The first-order valence-corrected chi connectivity index (χ1v) is 5.52. The molecule has 96 valence electrons. The first-order chi connectivity index (χ1) is 7.73. The first kappa shape index (κ1) is 13.8. The molecule has 1 fully saturated rings. The van der Waals surface area contributed by atoms with Gasteiger partial charge in [0.2, 0.25) is 5.91 Å². The summed E-state index contributed by atoms with van der Waals surface area (Å²) in [4.78, 5) is 12.8. The van der Waals surface area contributed by atoms with Gasteiger partial charge in [0, 0.05) is 6.04 Å². The Labute approximate surface area is 98.2 Å². The highest BCUT2D eigenvalue weighted by atomic mass is 19.4. The minimum atomic E-state index is -4.41. The Morgan fingerprint density at radius 3 is 2.29 bits per heavy atom. The number of rotatable bonds is 4. The van der Waals surface area contributed by atoms with Crippen molar-refractivity contribution < 1.29 is 18.0 Å². The molecule has 0 heterocycles. The third-order valence-electron chi connectivity index (χ3n) is 3.02. The van der Waals surface area contributed by atoms with Gasteiger partial charge in [0.05, 0.1) is 6.07 Å². The van der Waals surface area contributed by atoms with E-state index in [-0.39, 0.29) is 12.5 Å². The van der Waals surface area contributed by atoms with E-state index < -0.39 is 24.0 Å². The molecule has 0 aromatic carbocycles. The summed E-state index contributed by atoms with van der Waals surface area (Å²) in [5.74, 6) is -0.706. The van der Waals surface area contributed by atoms with Crippen LogP contribution in [-0.2, 0) is 4.79 Å². The van der Waals surface area contributed by atoms with Crippen molar-refractivity contribution >= 4 is 5.91 Å². The van der Waals surface area contributed by atoms with Gasteiger partial charge in [-0.2, -0.15) is 18.4 Å². The highest BCUT2D eigenvalue weighted by Crippen LogP contribution is 2.34. The van der Waals surface area contributed by atoms with Crippen molar-refractivity contribution in [3.05, 3.63) is 0 Å². The quantitative estimate of drug-likeness (QED) is 0.767. The highest BCUT2D eigenvalue weighted by molar-refractivity contribution is 5.85. The van der Waals surface area contributed by atoms with Crippen LogP contribution in [0.15, 0.2) is 0 Å². The van der Waals surface area contributed by atoms with Gasteiger partial charge in [-0.25, -0.2) is 0 Å². The maximum absolute atomic E-state index is 12.4. The van der Waals surface area contributed by atoms with Crippen molar-refractivity contribution in [3.63, 3.8) is 0 Å². The van der Waals surface area contributed by atoms with Gasteiger partial charge in [0.1, 0.15) is 12.0 Å². The molecule has 1 atom stereocenters. The number of amides is 1. The second-order valence-electron chi connectivity index (χ2n) is 4.58. The summed E-state index contributed by atoms with van der Waals surface area (Å²) in [7, 11) is 0. The lowest BCUT2D eigenvalue weighted by atomic mass is 9.87. The zero-order valence-corrected chi connectivity index (χ0v) is 9.84. The van der Waals surface area contributed by atoms with E-state index in [9.17, 15) is 18.0 Å². The van der Waals surface area contributed by atoms with E-state index in [1.807, 2.05) is 6.07 Å². The van der Waals surface area contributed by atoms with Gasteiger partial charge in [-0.15, -0.1) is 0 Å². The SMILES string of the molecule is CCC(C)(C#N)C(=O)N(CC(F)(F)F)C1CC1. The molecule has 0 bridgehead atoms. The molecule has 1 aliphatic carbocycles. The topological polar surface area (TPSA) is 44.1 Å². The lowest BCUT2D eigenvalue weighted by Crippen LogP contribution is -2.47. The van der Waals surface area contributed by atoms with Crippen LogP contribution in [0.1, 0.15) is 33.1 Å². The third kappa shape index (κ3) is 3.35. The zero-order chi connectivity index (χ0) is 13.3.